The van der Waals surface area contributed by atoms with Crippen LogP contribution in [0.1, 0.15) is 46.5 Å². The Balaban J connectivity index is 1.70. The van der Waals surface area contributed by atoms with Crippen molar-refractivity contribution in [3.8, 4) is 11.8 Å². The van der Waals surface area contributed by atoms with Crippen LogP contribution in [-0.4, -0.2) is 45.8 Å². The lowest BCUT2D eigenvalue weighted by Gasteiger charge is -2.28. The fourth-order valence-electron chi connectivity index (χ4n) is 3.17. The molecule has 10 nitrogen and oxygen atoms in total. The van der Waals surface area contributed by atoms with Crippen molar-refractivity contribution in [2.45, 2.75) is 52.7 Å². The van der Waals surface area contributed by atoms with Gasteiger partial charge in [0.25, 0.3) is 0 Å². The Kier molecular flexibility index (Phi) is 8.14. The van der Waals surface area contributed by atoms with Crippen LogP contribution < -0.4 is 10.2 Å². The number of hydrogen-bond donors (Lipinski definition) is 3. The highest BCUT2D eigenvalue weighted by atomic mass is 16.9. The third-order valence-corrected chi connectivity index (χ3v) is 4.67. The van der Waals surface area contributed by atoms with Crippen molar-refractivity contribution in [2.24, 2.45) is 11.8 Å². The first kappa shape index (κ1) is 23.1. The van der Waals surface area contributed by atoms with E-state index in [0.29, 0.717) is 30.0 Å². The molecule has 0 bridgehead atoms. The molecule has 10 heteroatoms. The van der Waals surface area contributed by atoms with Crippen molar-refractivity contribution in [1.82, 2.24) is 10.0 Å². The minimum Gasteiger partial charge on any atom is -0.492 e. The van der Waals surface area contributed by atoms with Gasteiger partial charge in [-0.15, -0.1) is 4.73 Å². The number of nitrogens with zero attached hydrogens (tertiary/aromatic N) is 1. The average Bonchev–Trinajstić information content (AvgIpc) is 2.98. The summed E-state index contributed by atoms with van der Waals surface area (Å²) in [6.07, 6.45) is 1.87. The highest BCUT2D eigenvalue weighted by Gasteiger charge is 2.29. The van der Waals surface area contributed by atoms with Crippen LogP contribution in [0.3, 0.4) is 0 Å². The third kappa shape index (κ3) is 7.02. The van der Waals surface area contributed by atoms with Crippen LogP contribution in [0, 0.1) is 11.8 Å². The molecular weight excluding hydrogens is 396 g/mol. The van der Waals surface area contributed by atoms with Gasteiger partial charge in [-0.1, -0.05) is 5.57 Å². The van der Waals surface area contributed by atoms with E-state index in [2.05, 4.69) is 10.2 Å². The molecule has 0 spiro atoms. The van der Waals surface area contributed by atoms with E-state index in [9.17, 15) is 24.6 Å². The van der Waals surface area contributed by atoms with Crippen LogP contribution in [0.4, 0.5) is 4.79 Å². The zero-order valence-corrected chi connectivity index (χ0v) is 17.3. The van der Waals surface area contributed by atoms with E-state index < -0.39 is 30.2 Å². The Labute approximate surface area is 174 Å². The van der Waals surface area contributed by atoms with E-state index >= 15 is 0 Å². The van der Waals surface area contributed by atoms with Gasteiger partial charge in [-0.2, -0.15) is 0 Å². The molecule has 1 amide bonds. The summed E-state index contributed by atoms with van der Waals surface area (Å²) in [6, 6.07) is 2.24. The zero-order valence-electron chi connectivity index (χ0n) is 17.3. The molecule has 1 aliphatic rings. The van der Waals surface area contributed by atoms with Gasteiger partial charge < -0.3 is 25.0 Å². The van der Waals surface area contributed by atoms with Crippen LogP contribution in [0.25, 0.3) is 0 Å². The van der Waals surface area contributed by atoms with Crippen LogP contribution in [-0.2, 0) is 19.1 Å². The maximum Gasteiger partial charge on any atom is 0.537 e. The first-order valence-corrected chi connectivity index (χ1v) is 9.77. The van der Waals surface area contributed by atoms with Crippen molar-refractivity contribution in [1.29, 1.82) is 0 Å². The maximum absolute atomic E-state index is 12.3. The lowest BCUT2D eigenvalue weighted by Crippen LogP contribution is -2.33. The fourth-order valence-corrected chi connectivity index (χ4v) is 3.17. The van der Waals surface area contributed by atoms with Gasteiger partial charge in [0.2, 0.25) is 24.0 Å². The molecule has 1 saturated carbocycles. The van der Waals surface area contributed by atoms with Crippen molar-refractivity contribution >= 4 is 18.0 Å². The van der Waals surface area contributed by atoms with Gasteiger partial charge in [0.15, 0.2) is 0 Å². The summed E-state index contributed by atoms with van der Waals surface area (Å²) in [4.78, 5) is 40.3. The molecule has 1 heterocycles. The number of ether oxygens (including phenoxy) is 2. The second-order valence-corrected chi connectivity index (χ2v) is 7.49. The lowest BCUT2D eigenvalue weighted by molar-refractivity contribution is -0.174. The molecule has 0 saturated heterocycles. The Morgan fingerprint density at radius 1 is 1.13 bits per heavy atom. The first-order chi connectivity index (χ1) is 14.2. The number of nitrogens with one attached hydrogen (secondary N) is 1. The van der Waals surface area contributed by atoms with Gasteiger partial charge in [0.05, 0.1) is 5.92 Å². The molecule has 1 atom stereocenters. The summed E-state index contributed by atoms with van der Waals surface area (Å²) in [5.74, 6) is -1.60. The van der Waals surface area contributed by atoms with Gasteiger partial charge >= 0.3 is 12.1 Å². The standard InChI is InChI=1S/C20H28N2O8/c1-12(2)10-16(23)21-11-14-4-6-15(7-5-14)19(26)28-13(3)29-20(27)30-22-17(24)8-9-18(22)25/h8-10,13-15,24-25H,4-7,11H2,1-3H3,(H,21,23). The van der Waals surface area contributed by atoms with E-state index in [1.807, 2.05) is 13.8 Å². The number of allylic oxidation sites excluding steroid dienone is 1. The Morgan fingerprint density at radius 3 is 2.30 bits per heavy atom. The first-order valence-electron chi connectivity index (χ1n) is 9.77. The van der Waals surface area contributed by atoms with Crippen molar-refractivity contribution < 1.29 is 38.9 Å². The predicted molar refractivity (Wildman–Crippen MR) is 104 cm³/mol. The molecule has 3 N–H and O–H groups in total. The Morgan fingerprint density at radius 2 is 1.73 bits per heavy atom. The molecule has 166 valence electrons. The maximum atomic E-state index is 12.3. The zero-order chi connectivity index (χ0) is 22.3. The summed E-state index contributed by atoms with van der Waals surface area (Å²) < 4.78 is 10.4. The predicted octanol–water partition coefficient (Wildman–Crippen LogP) is 2.24. The SMILES string of the molecule is CC(C)=CC(=O)NCC1CCC(C(=O)OC(C)OC(=O)On2c(O)ccc2O)CC1. The topological polar surface area (TPSA) is 136 Å². The van der Waals surface area contributed by atoms with Crippen LogP contribution in [0.15, 0.2) is 23.8 Å². The highest BCUT2D eigenvalue weighted by molar-refractivity contribution is 5.88. The summed E-state index contributed by atoms with van der Waals surface area (Å²) in [5.41, 5.74) is 0.932. The van der Waals surface area contributed by atoms with E-state index in [4.69, 9.17) is 9.47 Å². The number of carbonyl (C=O) groups excluding carboxylic acids is 3. The van der Waals surface area contributed by atoms with Crippen molar-refractivity contribution in [3.05, 3.63) is 23.8 Å². The fraction of sp³-hybridized carbons (Fsp3) is 0.550. The molecule has 1 fully saturated rings. The molecule has 0 radical (unpaired) electrons. The average molecular weight is 424 g/mol. The minimum atomic E-state index is -1.26. The summed E-state index contributed by atoms with van der Waals surface area (Å²) >= 11 is 0. The number of amides is 1. The smallest absolute Gasteiger partial charge is 0.492 e. The summed E-state index contributed by atoms with van der Waals surface area (Å²) in [7, 11) is 0. The monoisotopic (exact) mass is 424 g/mol. The lowest BCUT2D eigenvalue weighted by atomic mass is 9.82. The minimum absolute atomic E-state index is 0.115. The van der Waals surface area contributed by atoms with Crippen LogP contribution >= 0.6 is 0 Å². The molecule has 2 rings (SSSR count). The molecule has 1 aromatic heterocycles. The van der Waals surface area contributed by atoms with E-state index in [1.54, 1.807) is 6.08 Å². The van der Waals surface area contributed by atoms with Gasteiger partial charge in [-0.05, 0) is 45.4 Å². The third-order valence-electron chi connectivity index (χ3n) is 4.67. The molecule has 0 aliphatic heterocycles. The van der Waals surface area contributed by atoms with E-state index in [-0.39, 0.29) is 11.8 Å². The van der Waals surface area contributed by atoms with Crippen molar-refractivity contribution in [3.63, 3.8) is 0 Å². The molecule has 1 unspecified atom stereocenters. The van der Waals surface area contributed by atoms with Crippen LogP contribution in [0.2, 0.25) is 0 Å². The van der Waals surface area contributed by atoms with Gasteiger partial charge in [-0.3, -0.25) is 14.4 Å². The van der Waals surface area contributed by atoms with Gasteiger partial charge in [0.1, 0.15) is 0 Å². The second kappa shape index (κ2) is 10.6. The molecule has 30 heavy (non-hydrogen) atoms. The number of carbonyl (C=O) groups is 3. The molecule has 1 aliphatic carbocycles. The van der Waals surface area contributed by atoms with Crippen LogP contribution in [0.5, 0.6) is 11.8 Å². The molecular formula is C20H28N2O8. The van der Waals surface area contributed by atoms with Gasteiger partial charge in [-0.25, -0.2) is 4.79 Å². The summed E-state index contributed by atoms with van der Waals surface area (Å²) in [5, 5.41) is 21.7. The number of hydrogen-bond acceptors (Lipinski definition) is 8. The molecule has 0 aromatic carbocycles. The quantitative estimate of drug-likeness (QED) is 0.344. The number of esters is 1. The van der Waals surface area contributed by atoms with E-state index in [1.165, 1.54) is 6.92 Å². The Bertz CT molecular complexity index is 769. The number of aromatic nitrogens is 1. The molecule has 1 aromatic rings. The summed E-state index contributed by atoms with van der Waals surface area (Å²) in [6.45, 7) is 5.64. The highest BCUT2D eigenvalue weighted by Crippen LogP contribution is 2.29. The normalized spacial score (nSPS) is 19.3. The second-order valence-electron chi connectivity index (χ2n) is 7.49. The van der Waals surface area contributed by atoms with Gasteiger partial charge in [0, 0.05) is 31.7 Å². The van der Waals surface area contributed by atoms with Crippen molar-refractivity contribution in [2.75, 3.05) is 6.54 Å². The Hall–Kier alpha value is -3.17. The largest absolute Gasteiger partial charge is 0.537 e. The number of aromatic hydroxyl groups is 2. The number of rotatable bonds is 7. The van der Waals surface area contributed by atoms with E-state index in [0.717, 1.165) is 30.5 Å².